The third kappa shape index (κ3) is 4.58. The fraction of sp³-hybridized carbons (Fsp3) is 0.316. The number of benzene rings is 2. The topological polar surface area (TPSA) is 79.0 Å². The molecule has 2 aromatic rings. The van der Waals surface area contributed by atoms with Gasteiger partial charge in [0.25, 0.3) is 0 Å². The maximum atomic E-state index is 12.7. The summed E-state index contributed by atoms with van der Waals surface area (Å²) in [7, 11) is -2.03. The number of nitrogens with one attached hydrogen (secondary N) is 1. The highest BCUT2D eigenvalue weighted by molar-refractivity contribution is 7.89. The molecule has 0 bridgehead atoms. The Morgan fingerprint density at radius 3 is 2.22 bits per heavy atom. The second-order valence-electron chi connectivity index (χ2n) is 6.18. The first-order valence-electron chi connectivity index (χ1n) is 8.71. The van der Waals surface area contributed by atoms with Crippen LogP contribution in [0.25, 0.3) is 0 Å². The Balaban J connectivity index is 1.55. The van der Waals surface area contributed by atoms with Gasteiger partial charge < -0.3 is 15.0 Å². The third-order valence-electron chi connectivity index (χ3n) is 4.51. The number of piperazine rings is 1. The Labute approximate surface area is 159 Å². The highest BCUT2D eigenvalue weighted by Gasteiger charge is 2.29. The van der Waals surface area contributed by atoms with Crippen LogP contribution in [0.1, 0.15) is 0 Å². The van der Waals surface area contributed by atoms with Crippen LogP contribution in [0.4, 0.5) is 5.69 Å². The highest BCUT2D eigenvalue weighted by Crippen LogP contribution is 2.20. The molecular weight excluding hydrogens is 366 g/mol. The fourth-order valence-corrected chi connectivity index (χ4v) is 4.34. The molecule has 1 amide bonds. The average Bonchev–Trinajstić information content (AvgIpc) is 2.73. The van der Waals surface area contributed by atoms with Crippen LogP contribution < -0.4 is 10.1 Å². The SMILES string of the molecule is COc1ccc(S(=O)(=O)N2CCN(C(=O)CNc3ccccc3)CC2)cc1. The van der Waals surface area contributed by atoms with E-state index in [0.717, 1.165) is 5.69 Å². The first kappa shape index (κ1) is 19.2. The average molecular weight is 389 g/mol. The van der Waals surface area contributed by atoms with Crippen LogP contribution in [0.15, 0.2) is 59.5 Å². The van der Waals surface area contributed by atoms with E-state index in [1.165, 1.54) is 23.5 Å². The van der Waals surface area contributed by atoms with Crippen molar-refractivity contribution < 1.29 is 17.9 Å². The van der Waals surface area contributed by atoms with Crippen LogP contribution in [-0.2, 0) is 14.8 Å². The summed E-state index contributed by atoms with van der Waals surface area (Å²) in [6.45, 7) is 1.52. The van der Waals surface area contributed by atoms with E-state index in [-0.39, 0.29) is 30.4 Å². The van der Waals surface area contributed by atoms with E-state index in [2.05, 4.69) is 5.32 Å². The molecule has 2 aromatic carbocycles. The highest BCUT2D eigenvalue weighted by atomic mass is 32.2. The van der Waals surface area contributed by atoms with Gasteiger partial charge in [-0.05, 0) is 36.4 Å². The van der Waals surface area contributed by atoms with Gasteiger partial charge in [-0.25, -0.2) is 8.42 Å². The molecule has 1 saturated heterocycles. The molecule has 7 nitrogen and oxygen atoms in total. The van der Waals surface area contributed by atoms with Crippen LogP contribution >= 0.6 is 0 Å². The molecule has 1 aliphatic rings. The first-order valence-corrected chi connectivity index (χ1v) is 10.2. The zero-order valence-corrected chi connectivity index (χ0v) is 16.0. The second-order valence-corrected chi connectivity index (χ2v) is 8.12. The molecule has 0 spiro atoms. The van der Waals surface area contributed by atoms with Gasteiger partial charge in [-0.1, -0.05) is 18.2 Å². The second kappa shape index (κ2) is 8.41. The van der Waals surface area contributed by atoms with E-state index in [9.17, 15) is 13.2 Å². The number of anilines is 1. The van der Waals surface area contributed by atoms with Gasteiger partial charge in [0.05, 0.1) is 18.6 Å². The summed E-state index contributed by atoms with van der Waals surface area (Å²) in [5, 5.41) is 3.08. The number of carbonyl (C=O) groups excluding carboxylic acids is 1. The van der Waals surface area contributed by atoms with Gasteiger partial charge in [0, 0.05) is 31.9 Å². The molecule has 0 aliphatic carbocycles. The molecule has 1 heterocycles. The third-order valence-corrected chi connectivity index (χ3v) is 6.42. The quantitative estimate of drug-likeness (QED) is 0.813. The molecule has 0 saturated carbocycles. The van der Waals surface area contributed by atoms with Gasteiger partial charge in [-0.15, -0.1) is 0 Å². The lowest BCUT2D eigenvalue weighted by atomic mass is 10.3. The van der Waals surface area contributed by atoms with Crippen LogP contribution in [0.2, 0.25) is 0 Å². The molecule has 8 heteroatoms. The van der Waals surface area contributed by atoms with Crippen molar-refractivity contribution >= 4 is 21.6 Å². The number of rotatable bonds is 6. The van der Waals surface area contributed by atoms with Crippen molar-refractivity contribution in [2.75, 3.05) is 45.2 Å². The Bertz CT molecular complexity index is 862. The van der Waals surface area contributed by atoms with Crippen molar-refractivity contribution in [1.82, 2.24) is 9.21 Å². The van der Waals surface area contributed by atoms with E-state index in [1.807, 2.05) is 30.3 Å². The molecule has 0 aromatic heterocycles. The Hall–Kier alpha value is -2.58. The zero-order valence-electron chi connectivity index (χ0n) is 15.2. The summed E-state index contributed by atoms with van der Waals surface area (Å²) in [6, 6.07) is 15.8. The molecule has 1 N–H and O–H groups in total. The molecule has 0 radical (unpaired) electrons. The summed E-state index contributed by atoms with van der Waals surface area (Å²) >= 11 is 0. The molecule has 0 atom stereocenters. The maximum Gasteiger partial charge on any atom is 0.243 e. The normalized spacial score (nSPS) is 15.4. The lowest BCUT2D eigenvalue weighted by molar-refractivity contribution is -0.130. The predicted molar refractivity (Wildman–Crippen MR) is 103 cm³/mol. The van der Waals surface area contributed by atoms with Gasteiger partial charge in [0.1, 0.15) is 5.75 Å². The van der Waals surface area contributed by atoms with Gasteiger partial charge in [0.2, 0.25) is 15.9 Å². The number of amides is 1. The van der Waals surface area contributed by atoms with Gasteiger partial charge in [0.15, 0.2) is 0 Å². The van der Waals surface area contributed by atoms with E-state index in [4.69, 9.17) is 4.74 Å². The van der Waals surface area contributed by atoms with Gasteiger partial charge in [-0.2, -0.15) is 4.31 Å². The van der Waals surface area contributed by atoms with E-state index in [0.29, 0.717) is 18.8 Å². The monoisotopic (exact) mass is 389 g/mol. The van der Waals surface area contributed by atoms with Gasteiger partial charge in [-0.3, -0.25) is 4.79 Å². The number of hydrogen-bond donors (Lipinski definition) is 1. The number of nitrogens with zero attached hydrogens (tertiary/aromatic N) is 2. The molecular formula is C19H23N3O4S. The van der Waals surface area contributed by atoms with E-state index < -0.39 is 10.0 Å². The standard InChI is InChI=1S/C19H23N3O4S/c1-26-17-7-9-18(10-8-17)27(24,25)22-13-11-21(12-14-22)19(23)15-20-16-5-3-2-4-6-16/h2-10,20H,11-15H2,1H3. The molecule has 0 unspecified atom stereocenters. The van der Waals surface area contributed by atoms with Gasteiger partial charge >= 0.3 is 0 Å². The number of hydrogen-bond acceptors (Lipinski definition) is 5. The van der Waals surface area contributed by atoms with Crippen molar-refractivity contribution in [2.24, 2.45) is 0 Å². The number of sulfonamides is 1. The molecule has 27 heavy (non-hydrogen) atoms. The van der Waals surface area contributed by atoms with Crippen LogP contribution in [0.3, 0.4) is 0 Å². The lowest BCUT2D eigenvalue weighted by Gasteiger charge is -2.34. The Kier molecular flexibility index (Phi) is 5.98. The minimum atomic E-state index is -3.57. The lowest BCUT2D eigenvalue weighted by Crippen LogP contribution is -2.51. The Morgan fingerprint density at radius 1 is 1.00 bits per heavy atom. The number of para-hydroxylation sites is 1. The fourth-order valence-electron chi connectivity index (χ4n) is 2.92. The smallest absolute Gasteiger partial charge is 0.243 e. The molecule has 1 aliphatic heterocycles. The van der Waals surface area contributed by atoms with Crippen molar-refractivity contribution in [3.8, 4) is 5.75 Å². The maximum absolute atomic E-state index is 12.7. The van der Waals surface area contributed by atoms with Crippen molar-refractivity contribution in [3.63, 3.8) is 0 Å². The summed E-state index contributed by atoms with van der Waals surface area (Å²) < 4.78 is 32.0. The summed E-state index contributed by atoms with van der Waals surface area (Å²) in [5.74, 6) is 0.565. The van der Waals surface area contributed by atoms with Crippen LogP contribution in [-0.4, -0.2) is 63.4 Å². The number of ether oxygens (including phenoxy) is 1. The molecule has 3 rings (SSSR count). The zero-order chi connectivity index (χ0) is 19.3. The van der Waals surface area contributed by atoms with Crippen molar-refractivity contribution in [2.45, 2.75) is 4.90 Å². The predicted octanol–water partition coefficient (Wildman–Crippen LogP) is 1.64. The molecule has 144 valence electrons. The van der Waals surface area contributed by atoms with Crippen LogP contribution in [0, 0.1) is 0 Å². The van der Waals surface area contributed by atoms with Crippen molar-refractivity contribution in [3.05, 3.63) is 54.6 Å². The van der Waals surface area contributed by atoms with E-state index in [1.54, 1.807) is 17.0 Å². The van der Waals surface area contributed by atoms with Crippen LogP contribution in [0.5, 0.6) is 5.75 Å². The largest absolute Gasteiger partial charge is 0.497 e. The first-order chi connectivity index (χ1) is 13.0. The summed E-state index contributed by atoms with van der Waals surface area (Å²) in [5.41, 5.74) is 0.881. The summed E-state index contributed by atoms with van der Waals surface area (Å²) in [6.07, 6.45) is 0. The summed E-state index contributed by atoms with van der Waals surface area (Å²) in [4.78, 5) is 14.3. The number of methoxy groups -OCH3 is 1. The minimum Gasteiger partial charge on any atom is -0.497 e. The minimum absolute atomic E-state index is 0.0413. The van der Waals surface area contributed by atoms with Crippen molar-refractivity contribution in [1.29, 1.82) is 0 Å². The molecule has 1 fully saturated rings. The number of carbonyl (C=O) groups is 1. The Morgan fingerprint density at radius 2 is 1.63 bits per heavy atom. The van der Waals surface area contributed by atoms with E-state index >= 15 is 0 Å².